The normalized spacial score (nSPS) is 17.8. The van der Waals surface area contributed by atoms with Gasteiger partial charge in [-0.3, -0.25) is 0 Å². The van der Waals surface area contributed by atoms with Crippen LogP contribution in [0.15, 0.2) is 52.7 Å². The summed E-state index contributed by atoms with van der Waals surface area (Å²) in [5.74, 6) is 1.40. The zero-order valence-corrected chi connectivity index (χ0v) is 21.5. The number of aromatic nitrogens is 2. The topological polar surface area (TPSA) is 65.8 Å². The van der Waals surface area contributed by atoms with E-state index in [0.29, 0.717) is 17.8 Å². The molecule has 3 heterocycles. The summed E-state index contributed by atoms with van der Waals surface area (Å²) in [5.41, 5.74) is 3.89. The lowest BCUT2D eigenvalue weighted by molar-refractivity contribution is -0.166. The summed E-state index contributed by atoms with van der Waals surface area (Å²) in [4.78, 5) is 12.3. The van der Waals surface area contributed by atoms with Gasteiger partial charge in [0.2, 0.25) is 0 Å². The Labute approximate surface area is 220 Å². The van der Waals surface area contributed by atoms with Crippen LogP contribution in [0.3, 0.4) is 0 Å². The van der Waals surface area contributed by atoms with Crippen molar-refractivity contribution in [2.24, 2.45) is 10.2 Å². The summed E-state index contributed by atoms with van der Waals surface area (Å²) in [6.45, 7) is 6.29. The molecule has 6 rings (SSSR count). The molecule has 0 amide bonds. The lowest BCUT2D eigenvalue weighted by atomic mass is 9.99. The van der Waals surface area contributed by atoms with Crippen LogP contribution in [0.2, 0.25) is 0 Å². The first kappa shape index (κ1) is 25.0. The van der Waals surface area contributed by atoms with Crippen molar-refractivity contribution in [1.82, 2.24) is 14.9 Å². The number of hydrogen-bond acceptors (Lipinski definition) is 6. The summed E-state index contributed by atoms with van der Waals surface area (Å²) in [7, 11) is 0. The number of anilines is 1. The number of benzene rings is 2. The number of halogens is 3. The quantitative estimate of drug-likeness (QED) is 0.273. The van der Waals surface area contributed by atoms with Gasteiger partial charge in [0, 0.05) is 30.5 Å². The number of nitrogens with zero attached hydrogens (tertiary/aromatic N) is 5. The minimum absolute atomic E-state index is 0.0302. The van der Waals surface area contributed by atoms with E-state index in [1.54, 1.807) is 12.1 Å². The van der Waals surface area contributed by atoms with Crippen LogP contribution in [0, 0.1) is 6.92 Å². The lowest BCUT2D eigenvalue weighted by Gasteiger charge is -2.26. The van der Waals surface area contributed by atoms with Gasteiger partial charge in [-0.05, 0) is 62.5 Å². The molecule has 0 spiro atoms. The van der Waals surface area contributed by atoms with E-state index in [0.717, 1.165) is 48.6 Å². The molecule has 0 atom stereocenters. The molecule has 38 heavy (non-hydrogen) atoms. The molecule has 2 aliphatic heterocycles. The van der Waals surface area contributed by atoms with Gasteiger partial charge in [0.1, 0.15) is 11.6 Å². The SMILES string of the molecule is Cc1ccc2c(c1)Cc1nc(Cc3cccc(C4(C(F)(F)F)N=N4)c3)nc(NCCCN3CCCCC3)c1-2. The fourth-order valence-electron chi connectivity index (χ4n) is 5.68. The molecule has 9 heteroatoms. The fourth-order valence-corrected chi connectivity index (χ4v) is 5.68. The summed E-state index contributed by atoms with van der Waals surface area (Å²) in [5, 5.41) is 10.3. The predicted molar refractivity (Wildman–Crippen MR) is 140 cm³/mol. The minimum atomic E-state index is -4.55. The van der Waals surface area contributed by atoms with E-state index in [1.807, 2.05) is 0 Å². The Bertz CT molecular complexity index is 1370. The monoisotopic (exact) mass is 520 g/mol. The summed E-state index contributed by atoms with van der Waals surface area (Å²) < 4.78 is 40.6. The van der Waals surface area contributed by atoms with Crippen molar-refractivity contribution in [3.63, 3.8) is 0 Å². The molecular formula is C29H31F3N6. The lowest BCUT2D eigenvalue weighted by Crippen LogP contribution is -2.31. The van der Waals surface area contributed by atoms with Gasteiger partial charge in [-0.25, -0.2) is 9.97 Å². The van der Waals surface area contributed by atoms with E-state index in [-0.39, 0.29) is 5.56 Å². The molecule has 1 aromatic heterocycles. The van der Waals surface area contributed by atoms with Crippen molar-refractivity contribution in [2.45, 2.75) is 57.3 Å². The largest absolute Gasteiger partial charge is 0.442 e. The molecule has 3 aromatic rings. The van der Waals surface area contributed by atoms with Crippen LogP contribution in [-0.2, 0) is 18.5 Å². The van der Waals surface area contributed by atoms with Crippen LogP contribution in [0.25, 0.3) is 11.1 Å². The highest BCUT2D eigenvalue weighted by atomic mass is 19.4. The summed E-state index contributed by atoms with van der Waals surface area (Å²) in [6, 6.07) is 12.8. The number of likely N-dealkylation sites (tertiary alicyclic amines) is 1. The van der Waals surface area contributed by atoms with Gasteiger partial charge in [0.05, 0.1) is 5.69 Å². The Morgan fingerprint density at radius 3 is 2.58 bits per heavy atom. The van der Waals surface area contributed by atoms with Gasteiger partial charge >= 0.3 is 11.8 Å². The van der Waals surface area contributed by atoms with E-state index in [2.05, 4.69) is 45.6 Å². The zero-order chi connectivity index (χ0) is 26.3. The summed E-state index contributed by atoms with van der Waals surface area (Å²) in [6.07, 6.45) is 1.40. The smallest absolute Gasteiger partial charge is 0.369 e. The average Bonchev–Trinajstić information content (AvgIpc) is 3.64. The molecule has 0 unspecified atom stereocenters. The molecule has 0 bridgehead atoms. The first-order valence-corrected chi connectivity index (χ1v) is 13.4. The maximum atomic E-state index is 13.5. The molecule has 0 saturated carbocycles. The van der Waals surface area contributed by atoms with Gasteiger partial charge in [-0.15, -0.1) is 10.2 Å². The third kappa shape index (κ3) is 4.79. The molecule has 1 N–H and O–H groups in total. The van der Waals surface area contributed by atoms with Crippen LogP contribution in [0.4, 0.5) is 19.0 Å². The van der Waals surface area contributed by atoms with Crippen molar-refractivity contribution in [3.05, 3.63) is 76.2 Å². The Morgan fingerprint density at radius 2 is 1.82 bits per heavy atom. The van der Waals surface area contributed by atoms with Gasteiger partial charge < -0.3 is 10.2 Å². The Hall–Kier alpha value is -3.33. The first-order valence-electron chi connectivity index (χ1n) is 13.4. The van der Waals surface area contributed by atoms with Gasteiger partial charge in [-0.1, -0.05) is 54.4 Å². The third-order valence-electron chi connectivity index (χ3n) is 7.70. The molecule has 1 saturated heterocycles. The number of alkyl halides is 3. The van der Waals surface area contributed by atoms with Crippen molar-refractivity contribution < 1.29 is 13.2 Å². The maximum absolute atomic E-state index is 13.5. The Kier molecular flexibility index (Phi) is 6.42. The number of rotatable bonds is 8. The van der Waals surface area contributed by atoms with E-state index in [1.165, 1.54) is 55.6 Å². The van der Waals surface area contributed by atoms with Crippen molar-refractivity contribution >= 4 is 5.82 Å². The number of hydrogen-bond donors (Lipinski definition) is 1. The van der Waals surface area contributed by atoms with Crippen molar-refractivity contribution in [1.29, 1.82) is 0 Å². The molecule has 2 aromatic carbocycles. The van der Waals surface area contributed by atoms with Crippen LogP contribution in [0.1, 0.15) is 59.5 Å². The molecule has 0 radical (unpaired) electrons. The molecule has 6 nitrogen and oxygen atoms in total. The van der Waals surface area contributed by atoms with Crippen LogP contribution >= 0.6 is 0 Å². The van der Waals surface area contributed by atoms with Crippen molar-refractivity contribution in [3.8, 4) is 11.1 Å². The van der Waals surface area contributed by atoms with Crippen LogP contribution in [-0.4, -0.2) is 47.2 Å². The molecular weight excluding hydrogens is 489 g/mol. The average molecular weight is 521 g/mol. The highest BCUT2D eigenvalue weighted by molar-refractivity contribution is 5.84. The van der Waals surface area contributed by atoms with Gasteiger partial charge in [0.15, 0.2) is 0 Å². The Balaban J connectivity index is 1.25. The second-order valence-corrected chi connectivity index (χ2v) is 10.6. The summed E-state index contributed by atoms with van der Waals surface area (Å²) >= 11 is 0. The standard InChI is InChI=1S/C29H31F3N6/c1-19-9-10-23-21(15-19)18-24-26(23)27(33-11-6-14-38-12-3-2-4-13-38)35-25(34-24)17-20-7-5-8-22(16-20)28(36-37-28)29(30,31)32/h5,7-10,15-16H,2-4,6,11-14,17-18H2,1H3,(H,33,34,35). The molecule has 3 aliphatic rings. The molecule has 198 valence electrons. The van der Waals surface area contributed by atoms with E-state index in [4.69, 9.17) is 9.97 Å². The van der Waals surface area contributed by atoms with Crippen molar-refractivity contribution in [2.75, 3.05) is 31.5 Å². The van der Waals surface area contributed by atoms with Crippen LogP contribution < -0.4 is 5.32 Å². The van der Waals surface area contributed by atoms with E-state index in [9.17, 15) is 13.2 Å². The Morgan fingerprint density at radius 1 is 1.00 bits per heavy atom. The first-order chi connectivity index (χ1) is 18.3. The van der Waals surface area contributed by atoms with Gasteiger partial charge in [0.25, 0.3) is 0 Å². The van der Waals surface area contributed by atoms with Crippen LogP contribution in [0.5, 0.6) is 0 Å². The highest BCUT2D eigenvalue weighted by Gasteiger charge is 2.65. The number of nitrogens with one attached hydrogen (secondary N) is 1. The second kappa shape index (κ2) is 9.76. The predicted octanol–water partition coefficient (Wildman–Crippen LogP) is 6.42. The zero-order valence-electron chi connectivity index (χ0n) is 21.5. The number of fused-ring (bicyclic) bond motifs is 3. The van der Waals surface area contributed by atoms with E-state index >= 15 is 0 Å². The number of aryl methyl sites for hydroxylation is 1. The fraction of sp³-hybridized carbons (Fsp3) is 0.448. The third-order valence-corrected chi connectivity index (χ3v) is 7.70. The number of piperidine rings is 1. The van der Waals surface area contributed by atoms with E-state index < -0.39 is 11.8 Å². The molecule has 1 aliphatic carbocycles. The van der Waals surface area contributed by atoms with Gasteiger partial charge in [-0.2, -0.15) is 13.2 Å². The maximum Gasteiger partial charge on any atom is 0.442 e. The molecule has 1 fully saturated rings. The highest BCUT2D eigenvalue weighted by Crippen LogP contribution is 2.52. The second-order valence-electron chi connectivity index (χ2n) is 10.6. The minimum Gasteiger partial charge on any atom is -0.369 e.